The summed E-state index contributed by atoms with van der Waals surface area (Å²) in [5.74, 6) is 0.610. The summed E-state index contributed by atoms with van der Waals surface area (Å²) in [6, 6.07) is 1.65. The van der Waals surface area contributed by atoms with E-state index in [1.54, 1.807) is 0 Å². The number of rotatable bonds is 1. The van der Waals surface area contributed by atoms with Crippen molar-refractivity contribution in [3.8, 4) is 6.07 Å². The molecule has 6 nitrogen and oxygen atoms in total. The van der Waals surface area contributed by atoms with Gasteiger partial charge in [0.2, 0.25) is 5.91 Å². The molecule has 1 aliphatic heterocycles. The molecule has 0 saturated carbocycles. The number of anilines is 1. The van der Waals surface area contributed by atoms with Crippen LogP contribution < -0.4 is 10.2 Å². The van der Waals surface area contributed by atoms with Crippen LogP contribution in [0.15, 0.2) is 12.4 Å². The van der Waals surface area contributed by atoms with E-state index in [9.17, 15) is 4.79 Å². The molecular weight excluding hydrogens is 206 g/mol. The van der Waals surface area contributed by atoms with Crippen LogP contribution in [0.25, 0.3) is 0 Å². The monoisotopic (exact) mass is 217 g/mol. The van der Waals surface area contributed by atoms with Gasteiger partial charge in [-0.1, -0.05) is 0 Å². The summed E-state index contributed by atoms with van der Waals surface area (Å²) < 4.78 is 0. The Morgan fingerprint density at radius 3 is 3.00 bits per heavy atom. The van der Waals surface area contributed by atoms with Crippen LogP contribution in [0.3, 0.4) is 0 Å². The van der Waals surface area contributed by atoms with Gasteiger partial charge in [-0.3, -0.25) is 4.79 Å². The number of aromatic nitrogens is 2. The van der Waals surface area contributed by atoms with E-state index in [1.165, 1.54) is 12.4 Å². The topological polar surface area (TPSA) is 81.9 Å². The average molecular weight is 217 g/mol. The fraction of sp³-hybridized carbons (Fsp3) is 0.400. The van der Waals surface area contributed by atoms with Crippen LogP contribution in [0.4, 0.5) is 5.82 Å². The maximum atomic E-state index is 11.4. The first-order chi connectivity index (χ1) is 7.72. The molecule has 82 valence electrons. The highest BCUT2D eigenvalue weighted by atomic mass is 16.2. The molecule has 0 spiro atoms. The molecule has 1 saturated heterocycles. The summed E-state index contributed by atoms with van der Waals surface area (Å²) in [6.07, 6.45) is 2.93. The zero-order valence-electron chi connectivity index (χ0n) is 8.84. The van der Waals surface area contributed by atoms with Crippen LogP contribution in [0.2, 0.25) is 0 Å². The zero-order chi connectivity index (χ0) is 11.5. The number of carbonyl (C=O) groups is 1. The number of piperazine rings is 1. The fourth-order valence-corrected chi connectivity index (χ4v) is 1.62. The number of carbonyl (C=O) groups excluding carboxylic acids is 1. The largest absolute Gasteiger partial charge is 0.353 e. The van der Waals surface area contributed by atoms with Gasteiger partial charge in [-0.2, -0.15) is 5.26 Å². The summed E-state index contributed by atoms with van der Waals surface area (Å²) in [5, 5.41) is 11.4. The lowest BCUT2D eigenvalue weighted by Crippen LogP contribution is -2.54. The summed E-state index contributed by atoms with van der Waals surface area (Å²) in [5.41, 5.74) is 0.276. The number of hydrogen-bond acceptors (Lipinski definition) is 5. The van der Waals surface area contributed by atoms with Gasteiger partial charge in [0.25, 0.3) is 0 Å². The van der Waals surface area contributed by atoms with Crippen molar-refractivity contribution in [3.05, 3.63) is 18.1 Å². The summed E-state index contributed by atoms with van der Waals surface area (Å²) in [4.78, 5) is 21.4. The minimum atomic E-state index is -0.254. The molecule has 1 atom stereocenters. The van der Waals surface area contributed by atoms with Crippen molar-refractivity contribution in [3.63, 3.8) is 0 Å². The van der Waals surface area contributed by atoms with Gasteiger partial charge in [-0.25, -0.2) is 9.97 Å². The lowest BCUT2D eigenvalue weighted by atomic mass is 10.2. The second-order valence-electron chi connectivity index (χ2n) is 3.53. The molecule has 16 heavy (non-hydrogen) atoms. The molecular formula is C10H11N5O. The predicted octanol–water partition coefficient (Wildman–Crippen LogP) is -0.327. The van der Waals surface area contributed by atoms with Crippen molar-refractivity contribution in [1.29, 1.82) is 5.26 Å². The Hall–Kier alpha value is -2.16. The molecule has 1 N–H and O–H groups in total. The quantitative estimate of drug-likeness (QED) is 0.696. The second-order valence-corrected chi connectivity index (χ2v) is 3.53. The molecule has 0 bridgehead atoms. The number of nitrogens with one attached hydrogen (secondary N) is 1. The zero-order valence-corrected chi connectivity index (χ0v) is 8.84. The maximum Gasteiger partial charge on any atom is 0.242 e. The van der Waals surface area contributed by atoms with Gasteiger partial charge in [0.1, 0.15) is 17.9 Å². The first kappa shape index (κ1) is 10.4. The van der Waals surface area contributed by atoms with Gasteiger partial charge in [-0.15, -0.1) is 0 Å². The minimum absolute atomic E-state index is 0.0163. The van der Waals surface area contributed by atoms with Crippen molar-refractivity contribution in [1.82, 2.24) is 15.3 Å². The van der Waals surface area contributed by atoms with E-state index in [1.807, 2.05) is 17.9 Å². The van der Waals surface area contributed by atoms with Crippen molar-refractivity contribution in [2.45, 2.75) is 13.0 Å². The van der Waals surface area contributed by atoms with Crippen LogP contribution in [-0.4, -0.2) is 35.0 Å². The van der Waals surface area contributed by atoms with Crippen LogP contribution >= 0.6 is 0 Å². The highest BCUT2D eigenvalue weighted by Crippen LogP contribution is 2.14. The summed E-state index contributed by atoms with van der Waals surface area (Å²) >= 11 is 0. The molecule has 0 aromatic carbocycles. The Balaban J connectivity index is 2.23. The Kier molecular flexibility index (Phi) is 2.68. The number of nitriles is 1. The van der Waals surface area contributed by atoms with Gasteiger partial charge in [-0.05, 0) is 6.92 Å². The molecule has 2 rings (SSSR count). The Labute approximate surface area is 92.9 Å². The van der Waals surface area contributed by atoms with Gasteiger partial charge in [0.05, 0.1) is 12.4 Å². The van der Waals surface area contributed by atoms with Crippen molar-refractivity contribution in [2.75, 3.05) is 18.0 Å². The summed E-state index contributed by atoms with van der Waals surface area (Å²) in [6.45, 7) is 3.12. The standard InChI is InChI=1S/C10H11N5O/c1-7-10(16)12-2-3-15(7)9-6-13-8(4-11)5-14-9/h5-7H,2-3H2,1H3,(H,12,16). The molecule has 2 heterocycles. The maximum absolute atomic E-state index is 11.4. The molecule has 1 unspecified atom stereocenters. The third-order valence-electron chi connectivity index (χ3n) is 2.55. The van der Waals surface area contributed by atoms with Crippen LogP contribution in [0, 0.1) is 11.3 Å². The molecule has 0 aliphatic carbocycles. The number of hydrogen-bond donors (Lipinski definition) is 1. The van der Waals surface area contributed by atoms with E-state index >= 15 is 0 Å². The second kappa shape index (κ2) is 4.14. The fourth-order valence-electron chi connectivity index (χ4n) is 1.62. The van der Waals surface area contributed by atoms with Crippen molar-refractivity contribution < 1.29 is 4.79 Å². The highest BCUT2D eigenvalue weighted by molar-refractivity contribution is 5.85. The van der Waals surface area contributed by atoms with Gasteiger partial charge < -0.3 is 10.2 Å². The lowest BCUT2D eigenvalue weighted by Gasteiger charge is -2.33. The van der Waals surface area contributed by atoms with E-state index in [0.29, 0.717) is 18.9 Å². The van der Waals surface area contributed by atoms with E-state index in [0.717, 1.165) is 0 Å². The highest BCUT2D eigenvalue weighted by Gasteiger charge is 2.26. The molecule has 1 amide bonds. The van der Waals surface area contributed by atoms with Crippen molar-refractivity contribution in [2.24, 2.45) is 0 Å². The predicted molar refractivity (Wildman–Crippen MR) is 56.6 cm³/mol. The Morgan fingerprint density at radius 2 is 2.38 bits per heavy atom. The smallest absolute Gasteiger partial charge is 0.242 e. The van der Waals surface area contributed by atoms with Crippen molar-refractivity contribution >= 4 is 11.7 Å². The Bertz CT molecular complexity index is 436. The third-order valence-corrected chi connectivity index (χ3v) is 2.55. The van der Waals surface area contributed by atoms with Gasteiger partial charge in [0, 0.05) is 13.1 Å². The molecule has 1 aliphatic rings. The van der Waals surface area contributed by atoms with Crippen LogP contribution in [0.1, 0.15) is 12.6 Å². The van der Waals surface area contributed by atoms with E-state index < -0.39 is 0 Å². The van der Waals surface area contributed by atoms with E-state index in [-0.39, 0.29) is 17.6 Å². The van der Waals surface area contributed by atoms with Crippen LogP contribution in [0.5, 0.6) is 0 Å². The molecule has 6 heteroatoms. The minimum Gasteiger partial charge on any atom is -0.353 e. The number of nitrogens with zero attached hydrogens (tertiary/aromatic N) is 4. The van der Waals surface area contributed by atoms with Gasteiger partial charge in [0.15, 0.2) is 5.69 Å². The molecule has 1 aromatic heterocycles. The van der Waals surface area contributed by atoms with Gasteiger partial charge >= 0.3 is 0 Å². The van der Waals surface area contributed by atoms with Crippen LogP contribution in [-0.2, 0) is 4.79 Å². The first-order valence-electron chi connectivity index (χ1n) is 4.99. The molecule has 1 aromatic rings. The van der Waals surface area contributed by atoms with E-state index in [4.69, 9.17) is 5.26 Å². The molecule has 1 fully saturated rings. The average Bonchev–Trinajstić information content (AvgIpc) is 2.33. The molecule has 0 radical (unpaired) electrons. The van der Waals surface area contributed by atoms with E-state index in [2.05, 4.69) is 15.3 Å². The number of amides is 1. The normalized spacial score (nSPS) is 20.1. The Morgan fingerprint density at radius 1 is 1.56 bits per heavy atom. The SMILES string of the molecule is CC1C(=O)NCCN1c1cnc(C#N)cn1. The first-order valence-corrected chi connectivity index (χ1v) is 4.99. The third kappa shape index (κ3) is 1.80. The lowest BCUT2D eigenvalue weighted by molar-refractivity contribution is -0.122. The summed E-state index contributed by atoms with van der Waals surface area (Å²) in [7, 11) is 0.